The van der Waals surface area contributed by atoms with E-state index in [9.17, 15) is 0 Å². The Kier molecular flexibility index (Phi) is 2.90. The van der Waals surface area contributed by atoms with E-state index in [4.69, 9.17) is 0 Å². The van der Waals surface area contributed by atoms with Gasteiger partial charge in [-0.25, -0.2) is 4.98 Å². The monoisotopic (exact) mass is 252 g/mol. The second kappa shape index (κ2) is 4.70. The molecule has 0 unspecified atom stereocenters. The van der Waals surface area contributed by atoms with Crippen LogP contribution in [0.5, 0.6) is 0 Å². The molecule has 0 amide bonds. The molecule has 1 aromatic heterocycles. The van der Waals surface area contributed by atoms with Gasteiger partial charge in [0.25, 0.3) is 0 Å². The number of aromatic nitrogens is 2. The van der Waals surface area contributed by atoms with Crippen molar-refractivity contribution >= 4 is 12.6 Å². The van der Waals surface area contributed by atoms with E-state index in [1.54, 1.807) is 6.20 Å². The Bertz CT molecular complexity index is 659. The zero-order valence-corrected chi connectivity index (χ0v) is 10.6. The maximum Gasteiger partial charge on any atom is 0.169 e. The van der Waals surface area contributed by atoms with Gasteiger partial charge in [0, 0.05) is 18.1 Å². The normalized spacial score (nSPS) is 10.5. The third-order valence-electron chi connectivity index (χ3n) is 2.85. The van der Waals surface area contributed by atoms with Gasteiger partial charge in [0.2, 0.25) is 0 Å². The first kappa shape index (κ1) is 11.1. The van der Waals surface area contributed by atoms with E-state index >= 15 is 0 Å². The molecule has 2 nitrogen and oxygen atoms in total. The van der Waals surface area contributed by atoms with Crippen molar-refractivity contribution in [2.45, 2.75) is 5.16 Å². The van der Waals surface area contributed by atoms with Crippen molar-refractivity contribution in [2.75, 3.05) is 0 Å². The van der Waals surface area contributed by atoms with Gasteiger partial charge >= 0.3 is 0 Å². The van der Waals surface area contributed by atoms with Crippen LogP contribution in [0.15, 0.2) is 72.1 Å². The minimum absolute atomic E-state index is 0.695. The van der Waals surface area contributed by atoms with Crippen molar-refractivity contribution in [2.24, 2.45) is 0 Å². The van der Waals surface area contributed by atoms with Gasteiger partial charge in [-0.15, -0.1) is 12.6 Å². The lowest BCUT2D eigenvalue weighted by Gasteiger charge is -2.07. The van der Waals surface area contributed by atoms with Crippen molar-refractivity contribution < 1.29 is 0 Å². The van der Waals surface area contributed by atoms with Crippen LogP contribution in [0.4, 0.5) is 0 Å². The maximum atomic E-state index is 4.33. The molecule has 0 spiro atoms. The Hall–Kier alpha value is -2.00. The summed E-state index contributed by atoms with van der Waals surface area (Å²) < 4.78 is 1.95. The standard InChI is InChI=1S/C15H12N2S/c18-15-16-9-10-17(15)14-8-4-7-13(11-14)12-5-2-1-3-6-12/h1-11H,(H,16,18). The molecule has 0 bridgehead atoms. The van der Waals surface area contributed by atoms with Crippen LogP contribution in [0, 0.1) is 0 Å². The van der Waals surface area contributed by atoms with Crippen LogP contribution in [0.3, 0.4) is 0 Å². The summed E-state index contributed by atoms with van der Waals surface area (Å²) in [5, 5.41) is 0.695. The maximum absolute atomic E-state index is 4.33. The van der Waals surface area contributed by atoms with Crippen molar-refractivity contribution in [3.05, 3.63) is 67.0 Å². The molecule has 0 N–H and O–H groups in total. The summed E-state index contributed by atoms with van der Waals surface area (Å²) in [6.07, 6.45) is 3.66. The molecule has 0 aliphatic heterocycles. The zero-order valence-electron chi connectivity index (χ0n) is 9.69. The van der Waals surface area contributed by atoms with E-state index < -0.39 is 0 Å². The van der Waals surface area contributed by atoms with Gasteiger partial charge in [-0.1, -0.05) is 42.5 Å². The highest BCUT2D eigenvalue weighted by Crippen LogP contribution is 2.22. The Morgan fingerprint density at radius 1 is 0.889 bits per heavy atom. The second-order valence-electron chi connectivity index (χ2n) is 4.01. The Morgan fingerprint density at radius 3 is 2.39 bits per heavy atom. The van der Waals surface area contributed by atoms with Crippen molar-refractivity contribution in [1.82, 2.24) is 9.55 Å². The first-order chi connectivity index (χ1) is 8.84. The first-order valence-electron chi connectivity index (χ1n) is 5.73. The minimum atomic E-state index is 0.695. The zero-order chi connectivity index (χ0) is 12.4. The number of nitrogens with zero attached hydrogens (tertiary/aromatic N) is 2. The number of rotatable bonds is 2. The summed E-state index contributed by atoms with van der Waals surface area (Å²) >= 11 is 4.33. The molecule has 0 saturated heterocycles. The molecular formula is C15H12N2S. The SMILES string of the molecule is Sc1nccn1-c1cccc(-c2ccccc2)c1. The molecule has 1 heterocycles. The molecule has 0 radical (unpaired) electrons. The lowest BCUT2D eigenvalue weighted by Crippen LogP contribution is -1.93. The van der Waals surface area contributed by atoms with Crippen molar-refractivity contribution in [3.8, 4) is 16.8 Å². The van der Waals surface area contributed by atoms with Gasteiger partial charge < -0.3 is 0 Å². The molecule has 3 heteroatoms. The third kappa shape index (κ3) is 2.05. The van der Waals surface area contributed by atoms with Crippen LogP contribution in [-0.2, 0) is 0 Å². The summed E-state index contributed by atoms with van der Waals surface area (Å²) in [6.45, 7) is 0. The summed E-state index contributed by atoms with van der Waals surface area (Å²) in [5.41, 5.74) is 3.47. The summed E-state index contributed by atoms with van der Waals surface area (Å²) in [5.74, 6) is 0. The van der Waals surface area contributed by atoms with Gasteiger partial charge in [0.1, 0.15) is 0 Å². The van der Waals surface area contributed by atoms with E-state index in [-0.39, 0.29) is 0 Å². The van der Waals surface area contributed by atoms with E-state index in [1.165, 1.54) is 11.1 Å². The molecule has 88 valence electrons. The lowest BCUT2D eigenvalue weighted by molar-refractivity contribution is 0.901. The van der Waals surface area contributed by atoms with Gasteiger partial charge in [0.15, 0.2) is 5.16 Å². The van der Waals surface area contributed by atoms with Crippen LogP contribution < -0.4 is 0 Å². The fraction of sp³-hybridized carbons (Fsp3) is 0. The van der Waals surface area contributed by atoms with Crippen LogP contribution in [0.25, 0.3) is 16.8 Å². The fourth-order valence-corrected chi connectivity index (χ4v) is 2.21. The molecule has 2 aromatic carbocycles. The van der Waals surface area contributed by atoms with E-state index in [2.05, 4.69) is 41.9 Å². The number of hydrogen-bond acceptors (Lipinski definition) is 2. The van der Waals surface area contributed by atoms with Crippen molar-refractivity contribution in [3.63, 3.8) is 0 Å². The summed E-state index contributed by atoms with van der Waals surface area (Å²) in [7, 11) is 0. The van der Waals surface area contributed by atoms with Gasteiger partial charge in [0.05, 0.1) is 0 Å². The number of imidazole rings is 1. The van der Waals surface area contributed by atoms with E-state index in [1.807, 2.05) is 41.1 Å². The Labute approximate surface area is 111 Å². The van der Waals surface area contributed by atoms with Gasteiger partial charge in [-0.2, -0.15) is 0 Å². The molecule has 0 saturated carbocycles. The predicted molar refractivity (Wildman–Crippen MR) is 76.3 cm³/mol. The molecule has 18 heavy (non-hydrogen) atoms. The lowest BCUT2D eigenvalue weighted by atomic mass is 10.1. The highest BCUT2D eigenvalue weighted by Gasteiger charge is 2.03. The highest BCUT2D eigenvalue weighted by atomic mass is 32.1. The van der Waals surface area contributed by atoms with Crippen LogP contribution >= 0.6 is 12.6 Å². The predicted octanol–water partition coefficient (Wildman–Crippen LogP) is 3.83. The quantitative estimate of drug-likeness (QED) is 0.686. The molecule has 3 rings (SSSR count). The second-order valence-corrected chi connectivity index (χ2v) is 4.41. The van der Waals surface area contributed by atoms with Crippen LogP contribution in [0.1, 0.15) is 0 Å². The van der Waals surface area contributed by atoms with E-state index in [0.29, 0.717) is 5.16 Å². The largest absolute Gasteiger partial charge is 0.295 e. The number of benzene rings is 2. The van der Waals surface area contributed by atoms with Crippen LogP contribution in [0.2, 0.25) is 0 Å². The molecule has 0 aliphatic carbocycles. The third-order valence-corrected chi connectivity index (χ3v) is 3.18. The van der Waals surface area contributed by atoms with Gasteiger partial charge in [-0.3, -0.25) is 4.57 Å². The fourth-order valence-electron chi connectivity index (χ4n) is 1.96. The highest BCUT2D eigenvalue weighted by molar-refractivity contribution is 7.80. The first-order valence-corrected chi connectivity index (χ1v) is 6.17. The molecule has 0 aliphatic rings. The smallest absolute Gasteiger partial charge is 0.169 e. The average molecular weight is 252 g/mol. The Balaban J connectivity index is 2.08. The van der Waals surface area contributed by atoms with Crippen LogP contribution in [-0.4, -0.2) is 9.55 Å². The summed E-state index contributed by atoms with van der Waals surface area (Å²) in [4.78, 5) is 4.12. The number of hydrogen-bond donors (Lipinski definition) is 1. The molecule has 0 atom stereocenters. The van der Waals surface area contributed by atoms with Crippen molar-refractivity contribution in [1.29, 1.82) is 0 Å². The molecule has 3 aromatic rings. The Morgan fingerprint density at radius 2 is 1.67 bits per heavy atom. The molecular weight excluding hydrogens is 240 g/mol. The van der Waals surface area contributed by atoms with E-state index in [0.717, 1.165) is 5.69 Å². The summed E-state index contributed by atoms with van der Waals surface area (Å²) in [6, 6.07) is 18.7. The average Bonchev–Trinajstić information content (AvgIpc) is 2.86. The minimum Gasteiger partial charge on any atom is -0.295 e. The molecule has 0 fully saturated rings. The topological polar surface area (TPSA) is 17.8 Å². The van der Waals surface area contributed by atoms with Gasteiger partial charge in [-0.05, 0) is 23.3 Å². The number of thiol groups is 1.